The van der Waals surface area contributed by atoms with Gasteiger partial charge >= 0.3 is 5.97 Å². The first kappa shape index (κ1) is 19.0. The summed E-state index contributed by atoms with van der Waals surface area (Å²) in [7, 11) is 0. The fourth-order valence-electron chi connectivity index (χ4n) is 3.43. The van der Waals surface area contributed by atoms with Crippen molar-refractivity contribution in [1.29, 1.82) is 0 Å². The molecule has 3 amide bonds. The summed E-state index contributed by atoms with van der Waals surface area (Å²) in [6.45, 7) is -0.418. The lowest BCUT2D eigenvalue weighted by Gasteiger charge is -2.29. The van der Waals surface area contributed by atoms with E-state index in [0.717, 1.165) is 4.90 Å². The zero-order valence-corrected chi connectivity index (χ0v) is 16.7. The van der Waals surface area contributed by atoms with Gasteiger partial charge in [0.2, 0.25) is 17.7 Å². The lowest BCUT2D eigenvalue weighted by Crippen LogP contribution is -2.38. The number of rotatable bonds is 4. The van der Waals surface area contributed by atoms with Crippen molar-refractivity contribution in [1.82, 2.24) is 4.90 Å². The summed E-state index contributed by atoms with van der Waals surface area (Å²) in [4.78, 5) is 49.8. The van der Waals surface area contributed by atoms with Gasteiger partial charge in [0, 0.05) is 9.65 Å². The van der Waals surface area contributed by atoms with Gasteiger partial charge in [0.25, 0.3) is 0 Å². The van der Waals surface area contributed by atoms with Crippen molar-refractivity contribution >= 4 is 61.2 Å². The molecule has 1 heterocycles. The normalized spacial score (nSPS) is 28.0. The van der Waals surface area contributed by atoms with Crippen molar-refractivity contribution in [2.45, 2.75) is 22.5 Å². The van der Waals surface area contributed by atoms with Crippen LogP contribution in [0.25, 0.3) is 0 Å². The van der Waals surface area contributed by atoms with Crippen LogP contribution in [0.15, 0.2) is 24.3 Å². The predicted octanol–water partition coefficient (Wildman–Crippen LogP) is 2.25. The quantitative estimate of drug-likeness (QED) is 0.500. The summed E-state index contributed by atoms with van der Waals surface area (Å²) in [6.07, 6.45) is 1.07. The summed E-state index contributed by atoms with van der Waals surface area (Å²) < 4.78 is 0. The van der Waals surface area contributed by atoms with Gasteiger partial charge in [-0.3, -0.25) is 19.3 Å². The molecule has 1 saturated heterocycles. The highest BCUT2D eigenvalue weighted by atomic mass is 79.9. The molecule has 2 fully saturated rings. The third kappa shape index (κ3) is 3.55. The Labute approximate surface area is 166 Å². The number of carbonyl (C=O) groups is 4. The van der Waals surface area contributed by atoms with Crippen LogP contribution in [0.1, 0.15) is 23.2 Å². The number of halogens is 2. The lowest BCUT2D eigenvalue weighted by atomic mass is 9.81. The summed E-state index contributed by atoms with van der Waals surface area (Å²) >= 11 is 7.02. The van der Waals surface area contributed by atoms with E-state index in [9.17, 15) is 19.2 Å². The Morgan fingerprint density at radius 3 is 2.15 bits per heavy atom. The van der Waals surface area contributed by atoms with Gasteiger partial charge < -0.3 is 10.4 Å². The molecule has 3 rings (SSSR count). The van der Waals surface area contributed by atoms with E-state index < -0.39 is 30.3 Å². The van der Waals surface area contributed by atoms with Gasteiger partial charge in [-0.1, -0.05) is 44.0 Å². The molecule has 1 aromatic rings. The number of aromatic carboxylic acids is 1. The SMILES string of the molecule is O=C(CN1C(=O)[C@@H]2C[C@@H](Br)[C@@H](Br)C[C@H]2C1=O)Nc1ccccc1C(=O)O. The first-order valence-corrected chi connectivity index (χ1v) is 9.88. The number of para-hydroxylation sites is 1. The lowest BCUT2D eigenvalue weighted by molar-refractivity contribution is -0.142. The maximum absolute atomic E-state index is 12.6. The van der Waals surface area contributed by atoms with Crippen LogP contribution in [0.4, 0.5) is 5.69 Å². The predicted molar refractivity (Wildman–Crippen MR) is 100 cm³/mol. The Bertz CT molecular complexity index is 756. The minimum atomic E-state index is -1.17. The zero-order chi connectivity index (χ0) is 19.0. The maximum Gasteiger partial charge on any atom is 0.337 e. The second kappa shape index (κ2) is 7.48. The van der Waals surface area contributed by atoms with E-state index in [0.29, 0.717) is 12.8 Å². The van der Waals surface area contributed by atoms with E-state index in [-0.39, 0.29) is 32.7 Å². The number of amides is 3. The first-order chi connectivity index (χ1) is 12.3. The molecule has 1 aliphatic heterocycles. The highest BCUT2D eigenvalue weighted by Gasteiger charge is 2.52. The zero-order valence-electron chi connectivity index (χ0n) is 13.5. The average Bonchev–Trinajstić information content (AvgIpc) is 2.80. The van der Waals surface area contributed by atoms with Crippen molar-refractivity contribution in [3.05, 3.63) is 29.8 Å². The Balaban J connectivity index is 1.71. The molecule has 138 valence electrons. The minimum absolute atomic E-state index is 0.0575. The molecule has 0 bridgehead atoms. The number of hydrogen-bond donors (Lipinski definition) is 2. The van der Waals surface area contributed by atoms with Crippen LogP contribution in [0.3, 0.4) is 0 Å². The van der Waals surface area contributed by atoms with Crippen LogP contribution in [0.2, 0.25) is 0 Å². The Kier molecular flexibility index (Phi) is 5.47. The molecule has 1 aromatic carbocycles. The van der Waals surface area contributed by atoms with E-state index >= 15 is 0 Å². The summed E-state index contributed by atoms with van der Waals surface area (Å²) in [5.41, 5.74) is 0.0698. The van der Waals surface area contributed by atoms with E-state index in [1.807, 2.05) is 0 Å². The number of nitrogens with zero attached hydrogens (tertiary/aromatic N) is 1. The first-order valence-electron chi connectivity index (χ1n) is 8.05. The number of benzene rings is 1. The van der Waals surface area contributed by atoms with Crippen molar-refractivity contribution < 1.29 is 24.3 Å². The highest BCUT2D eigenvalue weighted by Crippen LogP contribution is 2.43. The molecule has 9 heteroatoms. The standard InChI is InChI=1S/C17H16Br2N2O5/c18-11-5-9-10(6-12(11)19)16(24)21(15(9)23)7-14(22)20-13-4-2-1-3-8(13)17(25)26/h1-4,9-12H,5-7H2,(H,20,22)(H,25,26)/t9-,10-,11-,12+/m1/s1. The van der Waals surface area contributed by atoms with Crippen LogP contribution in [-0.4, -0.2) is 49.9 Å². The van der Waals surface area contributed by atoms with Crippen LogP contribution in [0, 0.1) is 11.8 Å². The van der Waals surface area contributed by atoms with Crippen LogP contribution >= 0.6 is 31.9 Å². The molecular weight excluding hydrogens is 472 g/mol. The van der Waals surface area contributed by atoms with Gasteiger partial charge in [-0.25, -0.2) is 4.79 Å². The molecular formula is C17H16Br2N2O5. The van der Waals surface area contributed by atoms with Gasteiger partial charge in [0.05, 0.1) is 23.1 Å². The Hall–Kier alpha value is -1.74. The summed E-state index contributed by atoms with van der Waals surface area (Å²) in [5, 5.41) is 11.6. The second-order valence-electron chi connectivity index (χ2n) is 6.38. The van der Waals surface area contributed by atoms with Crippen molar-refractivity contribution in [2.75, 3.05) is 11.9 Å². The Morgan fingerprint density at radius 1 is 1.08 bits per heavy atom. The molecule has 0 spiro atoms. The highest BCUT2D eigenvalue weighted by molar-refractivity contribution is 9.12. The number of likely N-dealkylation sites (tertiary alicyclic amines) is 1. The van der Waals surface area contributed by atoms with Crippen LogP contribution < -0.4 is 5.32 Å². The monoisotopic (exact) mass is 486 g/mol. The molecule has 1 aliphatic carbocycles. The third-order valence-corrected chi connectivity index (χ3v) is 7.47. The topological polar surface area (TPSA) is 104 Å². The van der Waals surface area contributed by atoms with Crippen molar-refractivity contribution in [2.24, 2.45) is 11.8 Å². The number of anilines is 1. The van der Waals surface area contributed by atoms with Gasteiger partial charge in [-0.2, -0.15) is 0 Å². The fourth-order valence-corrected chi connectivity index (χ4v) is 4.67. The van der Waals surface area contributed by atoms with E-state index in [1.165, 1.54) is 12.1 Å². The number of hydrogen-bond acceptors (Lipinski definition) is 4. The number of carbonyl (C=O) groups excluding carboxylic acids is 3. The number of fused-ring (bicyclic) bond motifs is 1. The number of nitrogens with one attached hydrogen (secondary N) is 1. The summed E-state index contributed by atoms with van der Waals surface area (Å²) in [6, 6.07) is 5.96. The Morgan fingerprint density at radius 2 is 1.62 bits per heavy atom. The molecule has 0 aromatic heterocycles. The third-order valence-electron chi connectivity index (χ3n) is 4.74. The van der Waals surface area contributed by atoms with Crippen LogP contribution in [-0.2, 0) is 14.4 Å². The summed E-state index contributed by atoms with van der Waals surface area (Å²) in [5.74, 6) is -3.30. The van der Waals surface area contributed by atoms with Gasteiger partial charge in [0.15, 0.2) is 0 Å². The van der Waals surface area contributed by atoms with Crippen LogP contribution in [0.5, 0.6) is 0 Å². The van der Waals surface area contributed by atoms with Crippen molar-refractivity contribution in [3.63, 3.8) is 0 Å². The maximum atomic E-state index is 12.6. The minimum Gasteiger partial charge on any atom is -0.478 e. The van der Waals surface area contributed by atoms with E-state index in [2.05, 4.69) is 37.2 Å². The molecule has 4 atom stereocenters. The molecule has 26 heavy (non-hydrogen) atoms. The largest absolute Gasteiger partial charge is 0.478 e. The molecule has 2 aliphatic rings. The van der Waals surface area contributed by atoms with E-state index in [4.69, 9.17) is 5.11 Å². The number of carboxylic acids is 1. The second-order valence-corrected chi connectivity index (χ2v) is 8.73. The molecule has 0 radical (unpaired) electrons. The van der Waals surface area contributed by atoms with E-state index in [1.54, 1.807) is 12.1 Å². The van der Waals surface area contributed by atoms with Gasteiger partial charge in [0.1, 0.15) is 6.54 Å². The molecule has 0 unspecified atom stereocenters. The number of alkyl halides is 2. The molecule has 1 saturated carbocycles. The fraction of sp³-hybridized carbons (Fsp3) is 0.412. The van der Waals surface area contributed by atoms with Crippen molar-refractivity contribution in [3.8, 4) is 0 Å². The molecule has 2 N–H and O–H groups in total. The number of carboxylic acid groups (broad SMARTS) is 1. The van der Waals surface area contributed by atoms with Gasteiger partial charge in [-0.15, -0.1) is 0 Å². The smallest absolute Gasteiger partial charge is 0.337 e. The van der Waals surface area contributed by atoms with Gasteiger partial charge in [-0.05, 0) is 25.0 Å². The molecule has 7 nitrogen and oxygen atoms in total. The average molecular weight is 488 g/mol. The number of imide groups is 1.